The van der Waals surface area contributed by atoms with Gasteiger partial charge < -0.3 is 5.32 Å². The monoisotopic (exact) mass is 149 g/mol. The average molecular weight is 149 g/mol. The molecule has 0 aliphatic carbocycles. The van der Waals surface area contributed by atoms with Crippen molar-refractivity contribution in [1.82, 2.24) is 0 Å². The Bertz CT molecular complexity index is 245. The first-order chi connectivity index (χ1) is 5.36. The van der Waals surface area contributed by atoms with Gasteiger partial charge in [-0.2, -0.15) is 0 Å². The molecule has 0 radical (unpaired) electrons. The van der Waals surface area contributed by atoms with Crippen LogP contribution in [0.5, 0.6) is 0 Å². The molecule has 1 N–H and O–H groups in total. The maximum Gasteiger partial charge on any atom is 0.150 e. The molecule has 0 amide bonds. The zero-order valence-corrected chi connectivity index (χ0v) is 6.50. The number of carbonyl (C=O) groups excluding carboxylic acids is 1. The second-order valence-corrected chi connectivity index (χ2v) is 2.27. The summed E-state index contributed by atoms with van der Waals surface area (Å²) in [6.45, 7) is 2.90. The van der Waals surface area contributed by atoms with Crippen LogP contribution in [0.2, 0.25) is 0 Å². The van der Waals surface area contributed by atoms with Gasteiger partial charge in [0.2, 0.25) is 0 Å². The van der Waals surface area contributed by atoms with Gasteiger partial charge in [-0.1, -0.05) is 12.1 Å². The van der Waals surface area contributed by atoms with Gasteiger partial charge in [0, 0.05) is 17.8 Å². The van der Waals surface area contributed by atoms with E-state index in [2.05, 4.69) is 5.32 Å². The van der Waals surface area contributed by atoms with Crippen LogP contribution in [0.15, 0.2) is 24.3 Å². The summed E-state index contributed by atoms with van der Waals surface area (Å²) in [7, 11) is 0. The molecule has 0 aromatic heterocycles. The topological polar surface area (TPSA) is 29.1 Å². The van der Waals surface area contributed by atoms with Crippen LogP contribution in [0.1, 0.15) is 17.3 Å². The molecule has 0 unspecified atom stereocenters. The van der Waals surface area contributed by atoms with Crippen LogP contribution in [-0.2, 0) is 0 Å². The van der Waals surface area contributed by atoms with Crippen LogP contribution in [0.25, 0.3) is 0 Å². The maximum absolute atomic E-state index is 10.3. The summed E-state index contributed by atoms with van der Waals surface area (Å²) in [4.78, 5) is 10.3. The summed E-state index contributed by atoms with van der Waals surface area (Å²) in [5, 5.41) is 3.12. The van der Waals surface area contributed by atoms with Crippen LogP contribution in [0, 0.1) is 0 Å². The van der Waals surface area contributed by atoms with Gasteiger partial charge in [0.15, 0.2) is 0 Å². The molecule has 0 saturated heterocycles. The quantitative estimate of drug-likeness (QED) is 0.665. The molecular weight excluding hydrogens is 138 g/mol. The number of hydrogen-bond donors (Lipinski definition) is 1. The summed E-state index contributed by atoms with van der Waals surface area (Å²) in [5.74, 6) is 0. The lowest BCUT2D eigenvalue weighted by molar-refractivity contribution is 0.112. The van der Waals surface area contributed by atoms with E-state index in [-0.39, 0.29) is 0 Å². The number of nitrogens with one attached hydrogen (secondary N) is 1. The predicted molar refractivity (Wildman–Crippen MR) is 46.0 cm³/mol. The average Bonchev–Trinajstić information content (AvgIpc) is 2.06. The summed E-state index contributed by atoms with van der Waals surface area (Å²) in [6, 6.07) is 7.42. The minimum atomic E-state index is 0.712. The molecule has 2 heteroatoms. The fraction of sp³-hybridized carbons (Fsp3) is 0.222. The number of benzene rings is 1. The van der Waals surface area contributed by atoms with Gasteiger partial charge in [-0.3, -0.25) is 4.79 Å². The van der Waals surface area contributed by atoms with Crippen molar-refractivity contribution in [3.63, 3.8) is 0 Å². The molecule has 0 aliphatic heterocycles. The van der Waals surface area contributed by atoms with Gasteiger partial charge >= 0.3 is 0 Å². The standard InChI is InChI=1S/C9H11NO/c1-2-10-9-5-3-4-8(6-9)7-11/h3-7,10H,2H2,1H3. The van der Waals surface area contributed by atoms with Gasteiger partial charge in [0.25, 0.3) is 0 Å². The van der Waals surface area contributed by atoms with Crippen LogP contribution in [0.3, 0.4) is 0 Å². The van der Waals surface area contributed by atoms with Gasteiger partial charge in [0.1, 0.15) is 6.29 Å². The van der Waals surface area contributed by atoms with E-state index in [9.17, 15) is 4.79 Å². The fourth-order valence-electron chi connectivity index (χ4n) is 0.926. The summed E-state index contributed by atoms with van der Waals surface area (Å²) in [6.07, 6.45) is 0.848. The Morgan fingerprint density at radius 3 is 3.00 bits per heavy atom. The van der Waals surface area contributed by atoms with Gasteiger partial charge in [0.05, 0.1) is 0 Å². The molecule has 0 bridgehead atoms. The van der Waals surface area contributed by atoms with Crippen LogP contribution in [0.4, 0.5) is 5.69 Å². The highest BCUT2D eigenvalue weighted by Gasteiger charge is 1.90. The highest BCUT2D eigenvalue weighted by molar-refractivity contribution is 5.76. The molecule has 0 fully saturated rings. The Morgan fingerprint density at radius 2 is 2.36 bits per heavy atom. The molecule has 1 aromatic carbocycles. The number of anilines is 1. The smallest absolute Gasteiger partial charge is 0.150 e. The third-order valence-corrected chi connectivity index (χ3v) is 1.40. The lowest BCUT2D eigenvalue weighted by atomic mass is 10.2. The van der Waals surface area contributed by atoms with Gasteiger partial charge in [-0.15, -0.1) is 0 Å². The van der Waals surface area contributed by atoms with Crippen LogP contribution < -0.4 is 5.32 Å². The minimum absolute atomic E-state index is 0.712. The van der Waals surface area contributed by atoms with Gasteiger partial charge in [-0.05, 0) is 19.1 Å². The number of hydrogen-bond acceptors (Lipinski definition) is 2. The highest BCUT2D eigenvalue weighted by Crippen LogP contribution is 2.07. The number of rotatable bonds is 3. The maximum atomic E-state index is 10.3. The van der Waals surface area contributed by atoms with E-state index < -0.39 is 0 Å². The lowest BCUT2D eigenvalue weighted by Crippen LogP contribution is -1.96. The zero-order chi connectivity index (χ0) is 8.10. The van der Waals surface area contributed by atoms with E-state index in [1.165, 1.54) is 0 Å². The van der Waals surface area contributed by atoms with E-state index >= 15 is 0 Å². The first-order valence-corrected chi connectivity index (χ1v) is 3.66. The van der Waals surface area contributed by atoms with E-state index in [1.54, 1.807) is 6.07 Å². The molecule has 1 rings (SSSR count). The summed E-state index contributed by atoms with van der Waals surface area (Å²) >= 11 is 0. The molecule has 1 aromatic rings. The SMILES string of the molecule is CCNc1cccc(C=O)c1. The lowest BCUT2D eigenvalue weighted by Gasteiger charge is -2.01. The predicted octanol–water partition coefficient (Wildman–Crippen LogP) is 1.93. The minimum Gasteiger partial charge on any atom is -0.385 e. The third kappa shape index (κ3) is 2.08. The van der Waals surface area contributed by atoms with Crippen molar-refractivity contribution in [2.75, 3.05) is 11.9 Å². The first-order valence-electron chi connectivity index (χ1n) is 3.66. The Morgan fingerprint density at radius 1 is 1.55 bits per heavy atom. The fourth-order valence-corrected chi connectivity index (χ4v) is 0.926. The van der Waals surface area contributed by atoms with Crippen molar-refractivity contribution in [3.8, 4) is 0 Å². The molecule has 11 heavy (non-hydrogen) atoms. The Hall–Kier alpha value is -1.31. The highest BCUT2D eigenvalue weighted by atomic mass is 16.1. The molecule has 0 atom stereocenters. The van der Waals surface area contributed by atoms with E-state index in [4.69, 9.17) is 0 Å². The largest absolute Gasteiger partial charge is 0.385 e. The second kappa shape index (κ2) is 3.76. The zero-order valence-electron chi connectivity index (χ0n) is 6.50. The van der Waals surface area contributed by atoms with Crippen molar-refractivity contribution in [2.24, 2.45) is 0 Å². The molecule has 0 heterocycles. The Kier molecular flexibility index (Phi) is 2.66. The molecule has 2 nitrogen and oxygen atoms in total. The van der Waals surface area contributed by atoms with Crippen molar-refractivity contribution < 1.29 is 4.79 Å². The number of carbonyl (C=O) groups is 1. The number of aldehydes is 1. The molecule has 0 saturated carbocycles. The van der Waals surface area contributed by atoms with Gasteiger partial charge in [-0.25, -0.2) is 0 Å². The molecule has 0 spiro atoms. The van der Waals surface area contributed by atoms with Crippen molar-refractivity contribution in [1.29, 1.82) is 0 Å². The Balaban J connectivity index is 2.82. The molecule has 58 valence electrons. The van der Waals surface area contributed by atoms with E-state index in [0.717, 1.165) is 18.5 Å². The van der Waals surface area contributed by atoms with Crippen molar-refractivity contribution in [3.05, 3.63) is 29.8 Å². The van der Waals surface area contributed by atoms with Crippen molar-refractivity contribution in [2.45, 2.75) is 6.92 Å². The normalized spacial score (nSPS) is 9.18. The third-order valence-electron chi connectivity index (χ3n) is 1.40. The van der Waals surface area contributed by atoms with E-state index in [0.29, 0.717) is 5.56 Å². The van der Waals surface area contributed by atoms with Crippen LogP contribution in [-0.4, -0.2) is 12.8 Å². The summed E-state index contributed by atoms with van der Waals surface area (Å²) < 4.78 is 0. The Labute approximate surface area is 66.2 Å². The van der Waals surface area contributed by atoms with Crippen LogP contribution >= 0.6 is 0 Å². The second-order valence-electron chi connectivity index (χ2n) is 2.27. The first kappa shape index (κ1) is 7.79. The molecular formula is C9H11NO. The van der Waals surface area contributed by atoms with E-state index in [1.807, 2.05) is 25.1 Å². The summed E-state index contributed by atoms with van der Waals surface area (Å²) in [5.41, 5.74) is 1.71. The molecule has 0 aliphatic rings. The van der Waals surface area contributed by atoms with Crippen molar-refractivity contribution >= 4 is 12.0 Å².